The van der Waals surface area contributed by atoms with Crippen molar-refractivity contribution in [3.8, 4) is 0 Å². The summed E-state index contributed by atoms with van der Waals surface area (Å²) in [5.41, 5.74) is 0.799. The summed E-state index contributed by atoms with van der Waals surface area (Å²) in [6.45, 7) is 5.49. The van der Waals surface area contributed by atoms with Crippen LogP contribution in [0.4, 0.5) is 4.39 Å². The lowest BCUT2D eigenvalue weighted by Gasteiger charge is -2.33. The Hall–Kier alpha value is -1.91. The minimum absolute atomic E-state index is 0.0523. The van der Waals surface area contributed by atoms with E-state index in [1.807, 2.05) is 18.7 Å². The molecular formula is C18H25FN2O2. The highest BCUT2D eigenvalue weighted by Crippen LogP contribution is 2.14. The molecule has 1 heterocycles. The monoisotopic (exact) mass is 320 g/mol. The Balaban J connectivity index is 1.74. The van der Waals surface area contributed by atoms with Crippen LogP contribution >= 0.6 is 0 Å². The number of hydrogen-bond donors (Lipinski definition) is 1. The minimum atomic E-state index is -0.299. The maximum Gasteiger partial charge on any atom is 0.224 e. The van der Waals surface area contributed by atoms with Crippen LogP contribution in [0.25, 0.3) is 0 Å². The molecule has 0 spiro atoms. The van der Waals surface area contributed by atoms with E-state index in [-0.39, 0.29) is 30.1 Å². The van der Waals surface area contributed by atoms with E-state index in [1.54, 1.807) is 12.1 Å². The second kappa shape index (κ2) is 8.09. The Bertz CT molecular complexity index is 534. The summed E-state index contributed by atoms with van der Waals surface area (Å²) in [6, 6.07) is 6.10. The largest absolute Gasteiger partial charge is 0.353 e. The third-order valence-corrected chi connectivity index (χ3v) is 4.07. The number of hydrogen-bond acceptors (Lipinski definition) is 2. The molecule has 2 amide bonds. The van der Waals surface area contributed by atoms with E-state index in [4.69, 9.17) is 0 Å². The van der Waals surface area contributed by atoms with Gasteiger partial charge < -0.3 is 10.2 Å². The minimum Gasteiger partial charge on any atom is -0.353 e. The Labute approximate surface area is 137 Å². The molecule has 1 aliphatic heterocycles. The van der Waals surface area contributed by atoms with E-state index in [2.05, 4.69) is 5.32 Å². The van der Waals surface area contributed by atoms with Gasteiger partial charge in [-0.25, -0.2) is 4.39 Å². The van der Waals surface area contributed by atoms with Gasteiger partial charge in [0.15, 0.2) is 0 Å². The average molecular weight is 320 g/mol. The molecule has 5 heteroatoms. The molecule has 0 saturated carbocycles. The zero-order valence-electron chi connectivity index (χ0n) is 13.8. The van der Waals surface area contributed by atoms with E-state index in [1.165, 1.54) is 12.1 Å². The van der Waals surface area contributed by atoms with Gasteiger partial charge in [-0.15, -0.1) is 0 Å². The number of benzene rings is 1. The van der Waals surface area contributed by atoms with Gasteiger partial charge in [-0.2, -0.15) is 0 Å². The summed E-state index contributed by atoms with van der Waals surface area (Å²) in [7, 11) is 0. The SMILES string of the molecule is CC(C)CC(=O)N1CCC(NC(=O)Cc2ccc(F)cc2)CC1. The highest BCUT2D eigenvalue weighted by atomic mass is 19.1. The fraction of sp³-hybridized carbons (Fsp3) is 0.556. The van der Waals surface area contributed by atoms with Crippen LogP contribution in [0, 0.1) is 11.7 Å². The molecule has 1 saturated heterocycles. The van der Waals surface area contributed by atoms with Gasteiger partial charge in [0.25, 0.3) is 0 Å². The Morgan fingerprint density at radius 3 is 2.39 bits per heavy atom. The fourth-order valence-corrected chi connectivity index (χ4v) is 2.82. The number of carbonyl (C=O) groups excluding carboxylic acids is 2. The maximum absolute atomic E-state index is 12.8. The molecule has 0 bridgehead atoms. The molecule has 0 aliphatic carbocycles. The van der Waals surface area contributed by atoms with E-state index < -0.39 is 0 Å². The fourth-order valence-electron chi connectivity index (χ4n) is 2.82. The Morgan fingerprint density at radius 1 is 1.22 bits per heavy atom. The number of nitrogens with one attached hydrogen (secondary N) is 1. The van der Waals surface area contributed by atoms with Crippen molar-refractivity contribution < 1.29 is 14.0 Å². The van der Waals surface area contributed by atoms with Crippen molar-refractivity contribution >= 4 is 11.8 Å². The van der Waals surface area contributed by atoms with Gasteiger partial charge in [0.1, 0.15) is 5.82 Å². The predicted octanol–water partition coefficient (Wildman–Crippen LogP) is 2.52. The first-order chi connectivity index (χ1) is 10.9. The molecule has 126 valence electrons. The third-order valence-electron chi connectivity index (χ3n) is 4.07. The molecule has 0 unspecified atom stereocenters. The second-order valence-electron chi connectivity index (χ2n) is 6.62. The summed E-state index contributed by atoms with van der Waals surface area (Å²) in [5.74, 6) is 0.225. The molecular weight excluding hydrogens is 295 g/mol. The molecule has 0 aromatic heterocycles. The van der Waals surface area contributed by atoms with Crippen molar-refractivity contribution in [2.45, 2.75) is 45.6 Å². The zero-order chi connectivity index (χ0) is 16.8. The number of halogens is 1. The number of likely N-dealkylation sites (tertiary alicyclic amines) is 1. The van der Waals surface area contributed by atoms with Gasteiger partial charge in [0.05, 0.1) is 6.42 Å². The van der Waals surface area contributed by atoms with Crippen LogP contribution in [0.1, 0.15) is 38.7 Å². The highest BCUT2D eigenvalue weighted by molar-refractivity contribution is 5.79. The Morgan fingerprint density at radius 2 is 1.83 bits per heavy atom. The van der Waals surface area contributed by atoms with Crippen LogP contribution in [0.15, 0.2) is 24.3 Å². The van der Waals surface area contributed by atoms with Gasteiger partial charge in [0, 0.05) is 25.6 Å². The van der Waals surface area contributed by atoms with Crippen LogP contribution in [0.3, 0.4) is 0 Å². The van der Waals surface area contributed by atoms with E-state index in [0.29, 0.717) is 25.4 Å². The lowest BCUT2D eigenvalue weighted by atomic mass is 10.0. The first-order valence-electron chi connectivity index (χ1n) is 8.25. The number of rotatable bonds is 5. The normalized spacial score (nSPS) is 15.7. The number of nitrogens with zero attached hydrogens (tertiary/aromatic N) is 1. The molecule has 1 aliphatic rings. The average Bonchev–Trinajstić information content (AvgIpc) is 2.49. The number of carbonyl (C=O) groups is 2. The first kappa shape index (κ1) is 17.4. The summed E-state index contributed by atoms with van der Waals surface area (Å²) >= 11 is 0. The molecule has 1 N–H and O–H groups in total. The van der Waals surface area contributed by atoms with Crippen molar-refractivity contribution in [3.05, 3.63) is 35.6 Å². The molecule has 2 rings (SSSR count). The molecule has 4 nitrogen and oxygen atoms in total. The lowest BCUT2D eigenvalue weighted by molar-refractivity contribution is -0.133. The van der Waals surface area contributed by atoms with Crippen molar-refractivity contribution in [2.75, 3.05) is 13.1 Å². The molecule has 0 radical (unpaired) electrons. The predicted molar refractivity (Wildman–Crippen MR) is 87.3 cm³/mol. The molecule has 1 aromatic rings. The van der Waals surface area contributed by atoms with Crippen LogP contribution in [-0.2, 0) is 16.0 Å². The highest BCUT2D eigenvalue weighted by Gasteiger charge is 2.24. The van der Waals surface area contributed by atoms with Crippen molar-refractivity contribution in [1.29, 1.82) is 0 Å². The molecule has 0 atom stereocenters. The lowest BCUT2D eigenvalue weighted by Crippen LogP contribution is -2.47. The molecule has 1 fully saturated rings. The zero-order valence-corrected chi connectivity index (χ0v) is 13.8. The third kappa shape index (κ3) is 5.66. The maximum atomic E-state index is 12.8. The summed E-state index contributed by atoms with van der Waals surface area (Å²) in [6.07, 6.45) is 2.42. The number of amides is 2. The standard InChI is InChI=1S/C18H25FN2O2/c1-13(2)11-18(23)21-9-7-16(8-10-21)20-17(22)12-14-3-5-15(19)6-4-14/h3-6,13,16H,7-12H2,1-2H3,(H,20,22). The van der Waals surface area contributed by atoms with Crippen molar-refractivity contribution in [1.82, 2.24) is 10.2 Å². The van der Waals surface area contributed by atoms with E-state index in [9.17, 15) is 14.0 Å². The molecule has 1 aromatic carbocycles. The first-order valence-corrected chi connectivity index (χ1v) is 8.25. The van der Waals surface area contributed by atoms with Crippen LogP contribution in [-0.4, -0.2) is 35.8 Å². The smallest absolute Gasteiger partial charge is 0.224 e. The van der Waals surface area contributed by atoms with Crippen LogP contribution < -0.4 is 5.32 Å². The van der Waals surface area contributed by atoms with E-state index in [0.717, 1.165) is 18.4 Å². The Kier molecular flexibility index (Phi) is 6.13. The van der Waals surface area contributed by atoms with Crippen LogP contribution in [0.5, 0.6) is 0 Å². The van der Waals surface area contributed by atoms with E-state index >= 15 is 0 Å². The summed E-state index contributed by atoms with van der Waals surface area (Å²) in [5, 5.41) is 3.01. The quantitative estimate of drug-likeness (QED) is 0.906. The summed E-state index contributed by atoms with van der Waals surface area (Å²) < 4.78 is 12.8. The second-order valence-corrected chi connectivity index (χ2v) is 6.62. The number of piperidine rings is 1. The van der Waals surface area contributed by atoms with Crippen LogP contribution in [0.2, 0.25) is 0 Å². The van der Waals surface area contributed by atoms with Gasteiger partial charge >= 0.3 is 0 Å². The van der Waals surface area contributed by atoms with Gasteiger partial charge in [-0.1, -0.05) is 26.0 Å². The molecule has 23 heavy (non-hydrogen) atoms. The van der Waals surface area contributed by atoms with Crippen molar-refractivity contribution in [3.63, 3.8) is 0 Å². The van der Waals surface area contributed by atoms with Gasteiger partial charge in [0.2, 0.25) is 11.8 Å². The van der Waals surface area contributed by atoms with Gasteiger partial charge in [-0.3, -0.25) is 9.59 Å². The topological polar surface area (TPSA) is 49.4 Å². The van der Waals surface area contributed by atoms with Gasteiger partial charge in [-0.05, 0) is 36.5 Å². The summed E-state index contributed by atoms with van der Waals surface area (Å²) in [4.78, 5) is 25.9. The van der Waals surface area contributed by atoms with Crippen molar-refractivity contribution in [2.24, 2.45) is 5.92 Å².